The highest BCUT2D eigenvalue weighted by molar-refractivity contribution is 8.00. The number of aromatic carboxylic acids is 1. The smallest absolute Gasteiger partial charge is 0.337 e. The Morgan fingerprint density at radius 2 is 2.15 bits per heavy atom. The van der Waals surface area contributed by atoms with Gasteiger partial charge in [0.05, 0.1) is 16.3 Å². The number of carboxylic acids is 1. The van der Waals surface area contributed by atoms with Gasteiger partial charge in [0.2, 0.25) is 5.91 Å². The molecule has 1 aromatic rings. The molecule has 1 rings (SSSR count). The number of carboxylic acid groups (broad SMARTS) is 1. The van der Waals surface area contributed by atoms with Gasteiger partial charge in [-0.15, -0.1) is 11.8 Å². The second-order valence-electron chi connectivity index (χ2n) is 4.49. The van der Waals surface area contributed by atoms with Gasteiger partial charge < -0.3 is 10.4 Å². The van der Waals surface area contributed by atoms with Gasteiger partial charge in [0.25, 0.3) is 0 Å². The molecule has 1 aromatic carbocycles. The zero-order valence-corrected chi connectivity index (χ0v) is 13.1. The summed E-state index contributed by atoms with van der Waals surface area (Å²) in [7, 11) is 0. The van der Waals surface area contributed by atoms with E-state index < -0.39 is 5.97 Å². The lowest BCUT2D eigenvalue weighted by Crippen LogP contribution is -2.33. The summed E-state index contributed by atoms with van der Waals surface area (Å²) in [5, 5.41) is 12.1. The quantitative estimate of drug-likeness (QED) is 0.756. The fraction of sp³-hybridized carbons (Fsp3) is 0.429. The predicted molar refractivity (Wildman–Crippen MR) is 81.6 cm³/mol. The van der Waals surface area contributed by atoms with Crippen molar-refractivity contribution in [2.24, 2.45) is 0 Å². The lowest BCUT2D eigenvalue weighted by molar-refractivity contribution is -0.119. The summed E-state index contributed by atoms with van der Waals surface area (Å²) in [6, 6.07) is 4.89. The highest BCUT2D eigenvalue weighted by atomic mass is 35.5. The van der Waals surface area contributed by atoms with Gasteiger partial charge in [-0.25, -0.2) is 4.79 Å². The van der Waals surface area contributed by atoms with Gasteiger partial charge in [-0.05, 0) is 31.5 Å². The van der Waals surface area contributed by atoms with E-state index in [4.69, 9.17) is 16.7 Å². The fourth-order valence-corrected chi connectivity index (χ4v) is 2.67. The van der Waals surface area contributed by atoms with Crippen LogP contribution in [-0.2, 0) is 4.79 Å². The van der Waals surface area contributed by atoms with Crippen LogP contribution in [0.1, 0.15) is 37.0 Å². The van der Waals surface area contributed by atoms with E-state index >= 15 is 0 Å². The minimum absolute atomic E-state index is 0.0522. The number of rotatable bonds is 7. The molecule has 6 heteroatoms. The number of benzene rings is 1. The van der Waals surface area contributed by atoms with E-state index in [-0.39, 0.29) is 28.3 Å². The van der Waals surface area contributed by atoms with Crippen molar-refractivity contribution < 1.29 is 14.7 Å². The van der Waals surface area contributed by atoms with Crippen LogP contribution in [0.25, 0.3) is 0 Å². The van der Waals surface area contributed by atoms with Crippen molar-refractivity contribution in [3.63, 3.8) is 0 Å². The Morgan fingerprint density at radius 1 is 1.45 bits per heavy atom. The highest BCUT2D eigenvalue weighted by Gasteiger charge is 2.11. The molecule has 0 radical (unpaired) electrons. The molecule has 0 aliphatic carbocycles. The Bertz CT molecular complexity index is 493. The van der Waals surface area contributed by atoms with Crippen molar-refractivity contribution in [3.8, 4) is 0 Å². The molecule has 0 heterocycles. The average Bonchev–Trinajstić information content (AvgIpc) is 2.37. The Hall–Kier alpha value is -1.20. The molecule has 0 aromatic heterocycles. The molecule has 2 N–H and O–H groups in total. The zero-order valence-electron chi connectivity index (χ0n) is 11.5. The number of carbonyl (C=O) groups excluding carboxylic acids is 1. The maximum atomic E-state index is 11.7. The molecule has 0 aliphatic heterocycles. The van der Waals surface area contributed by atoms with Gasteiger partial charge in [0.15, 0.2) is 0 Å². The summed E-state index contributed by atoms with van der Waals surface area (Å²) in [5.74, 6) is -0.865. The van der Waals surface area contributed by atoms with Crippen LogP contribution in [-0.4, -0.2) is 28.8 Å². The minimum atomic E-state index is -1.07. The number of nitrogens with one attached hydrogen (secondary N) is 1. The van der Waals surface area contributed by atoms with Crippen LogP contribution in [0.15, 0.2) is 23.1 Å². The molecule has 0 bridgehead atoms. The zero-order chi connectivity index (χ0) is 15.1. The first-order valence-electron chi connectivity index (χ1n) is 6.39. The van der Waals surface area contributed by atoms with E-state index in [2.05, 4.69) is 12.2 Å². The lowest BCUT2D eigenvalue weighted by Gasteiger charge is -2.12. The van der Waals surface area contributed by atoms with E-state index in [0.717, 1.165) is 12.8 Å². The highest BCUT2D eigenvalue weighted by Crippen LogP contribution is 2.24. The van der Waals surface area contributed by atoms with Gasteiger partial charge in [0.1, 0.15) is 0 Å². The SMILES string of the molecule is CCCC(C)NC(=O)CSc1ccc(Cl)c(C(=O)O)c1. The van der Waals surface area contributed by atoms with Crippen molar-refractivity contribution in [1.29, 1.82) is 0 Å². The number of hydrogen-bond donors (Lipinski definition) is 2. The van der Waals surface area contributed by atoms with E-state index in [0.29, 0.717) is 4.90 Å². The van der Waals surface area contributed by atoms with Crippen LogP contribution in [0.2, 0.25) is 5.02 Å². The maximum absolute atomic E-state index is 11.7. The van der Waals surface area contributed by atoms with Gasteiger partial charge >= 0.3 is 5.97 Å². The number of amides is 1. The Balaban J connectivity index is 2.55. The van der Waals surface area contributed by atoms with Crippen LogP contribution in [0.5, 0.6) is 0 Å². The summed E-state index contributed by atoms with van der Waals surface area (Å²) >= 11 is 7.08. The Labute approximate surface area is 127 Å². The molecule has 0 spiro atoms. The number of thioether (sulfide) groups is 1. The van der Waals surface area contributed by atoms with Gasteiger partial charge in [-0.1, -0.05) is 24.9 Å². The maximum Gasteiger partial charge on any atom is 0.337 e. The molecular formula is C14H18ClNO3S. The predicted octanol–water partition coefficient (Wildman–Crippen LogP) is 3.44. The summed E-state index contributed by atoms with van der Waals surface area (Å²) in [4.78, 5) is 23.4. The molecule has 1 unspecified atom stereocenters. The molecular weight excluding hydrogens is 298 g/mol. The summed E-state index contributed by atoms with van der Waals surface area (Å²) in [5.41, 5.74) is 0.0522. The molecule has 1 amide bonds. The molecule has 0 saturated heterocycles. The molecule has 0 aliphatic rings. The third kappa shape index (κ3) is 5.43. The number of halogens is 1. The van der Waals surface area contributed by atoms with Crippen LogP contribution in [0.3, 0.4) is 0 Å². The van der Waals surface area contributed by atoms with E-state index in [1.54, 1.807) is 6.07 Å². The number of carbonyl (C=O) groups is 2. The second kappa shape index (κ2) is 8.17. The minimum Gasteiger partial charge on any atom is -0.478 e. The molecule has 20 heavy (non-hydrogen) atoms. The van der Waals surface area contributed by atoms with Crippen molar-refractivity contribution in [3.05, 3.63) is 28.8 Å². The standard InChI is InChI=1S/C14H18ClNO3S/c1-3-4-9(2)16-13(17)8-20-10-5-6-12(15)11(7-10)14(18)19/h5-7,9H,3-4,8H2,1-2H3,(H,16,17)(H,18,19). The number of hydrogen-bond acceptors (Lipinski definition) is 3. The molecule has 1 atom stereocenters. The molecule has 0 fully saturated rings. The van der Waals surface area contributed by atoms with Crippen molar-refractivity contribution in [2.75, 3.05) is 5.75 Å². The van der Waals surface area contributed by atoms with Crippen LogP contribution in [0, 0.1) is 0 Å². The summed E-state index contributed by atoms with van der Waals surface area (Å²) in [6.45, 7) is 4.04. The molecule has 110 valence electrons. The first kappa shape index (κ1) is 16.9. The molecule has 4 nitrogen and oxygen atoms in total. The van der Waals surface area contributed by atoms with Gasteiger partial charge in [-0.3, -0.25) is 4.79 Å². The lowest BCUT2D eigenvalue weighted by atomic mass is 10.2. The summed E-state index contributed by atoms with van der Waals surface area (Å²) < 4.78 is 0. The topological polar surface area (TPSA) is 66.4 Å². The van der Waals surface area contributed by atoms with Crippen LogP contribution < -0.4 is 5.32 Å². The van der Waals surface area contributed by atoms with Crippen molar-refractivity contribution in [2.45, 2.75) is 37.6 Å². The van der Waals surface area contributed by atoms with Crippen LogP contribution in [0.4, 0.5) is 0 Å². The van der Waals surface area contributed by atoms with Crippen molar-refractivity contribution in [1.82, 2.24) is 5.32 Å². The fourth-order valence-electron chi connectivity index (χ4n) is 1.73. The average molecular weight is 316 g/mol. The molecule has 0 saturated carbocycles. The Morgan fingerprint density at radius 3 is 2.75 bits per heavy atom. The third-order valence-electron chi connectivity index (χ3n) is 2.67. The van der Waals surface area contributed by atoms with E-state index in [1.807, 2.05) is 6.92 Å². The van der Waals surface area contributed by atoms with E-state index in [1.165, 1.54) is 23.9 Å². The Kier molecular flexibility index (Phi) is 6.88. The third-order valence-corrected chi connectivity index (χ3v) is 3.99. The monoisotopic (exact) mass is 315 g/mol. The first-order chi connectivity index (χ1) is 9.43. The second-order valence-corrected chi connectivity index (χ2v) is 5.95. The van der Waals surface area contributed by atoms with Gasteiger partial charge in [0, 0.05) is 10.9 Å². The van der Waals surface area contributed by atoms with Gasteiger partial charge in [-0.2, -0.15) is 0 Å². The summed E-state index contributed by atoms with van der Waals surface area (Å²) in [6.07, 6.45) is 1.97. The van der Waals surface area contributed by atoms with Crippen molar-refractivity contribution >= 4 is 35.2 Å². The normalized spacial score (nSPS) is 11.9. The first-order valence-corrected chi connectivity index (χ1v) is 7.75. The van der Waals surface area contributed by atoms with E-state index in [9.17, 15) is 9.59 Å². The largest absolute Gasteiger partial charge is 0.478 e. The van der Waals surface area contributed by atoms with Crippen LogP contribution >= 0.6 is 23.4 Å².